The second-order valence-corrected chi connectivity index (χ2v) is 5.25. The van der Waals surface area contributed by atoms with E-state index in [1.54, 1.807) is 19.6 Å². The van der Waals surface area contributed by atoms with Crippen LogP contribution in [0.3, 0.4) is 0 Å². The molecule has 0 unspecified atom stereocenters. The lowest BCUT2D eigenvalue weighted by atomic mass is 9.65. The summed E-state index contributed by atoms with van der Waals surface area (Å²) in [6.07, 6.45) is 0.801. The number of rotatable bonds is 4. The number of hydrogen-bond acceptors (Lipinski definition) is 7. The molecule has 1 aromatic heterocycles. The third kappa shape index (κ3) is 2.12. The van der Waals surface area contributed by atoms with E-state index in [9.17, 15) is 10.1 Å². The molecule has 0 radical (unpaired) electrons. The third-order valence-electron chi connectivity index (χ3n) is 3.41. The maximum atomic E-state index is 11.4. The van der Waals surface area contributed by atoms with Crippen molar-refractivity contribution in [1.29, 1.82) is 5.26 Å². The summed E-state index contributed by atoms with van der Waals surface area (Å²) in [6, 6.07) is 2.26. The minimum atomic E-state index is -0.747. The maximum absolute atomic E-state index is 11.4. The fourth-order valence-corrected chi connectivity index (χ4v) is 3.15. The number of nitriles is 1. The standard InChI is InChI=1S/C12H14N2O4S/c1-16-9(15)8-4-19-10(14-8)11(7-13)5-12(6-11,17-2)18-3/h4H,5-6H2,1-3H3. The lowest BCUT2D eigenvalue weighted by Gasteiger charge is -2.49. The predicted octanol–water partition coefficient (Wildman–Crippen LogP) is 1.47. The first-order valence-electron chi connectivity index (χ1n) is 5.60. The zero-order chi connectivity index (χ0) is 14.1. The molecule has 19 heavy (non-hydrogen) atoms. The summed E-state index contributed by atoms with van der Waals surface area (Å²) >= 11 is 1.28. The Morgan fingerprint density at radius 1 is 1.42 bits per heavy atom. The Hall–Kier alpha value is -1.49. The summed E-state index contributed by atoms with van der Waals surface area (Å²) in [7, 11) is 4.39. The van der Waals surface area contributed by atoms with Crippen LogP contribution in [0, 0.1) is 11.3 Å². The molecule has 2 rings (SSSR count). The summed E-state index contributed by atoms with van der Waals surface area (Å²) in [4.78, 5) is 15.6. The fourth-order valence-electron chi connectivity index (χ4n) is 2.21. The smallest absolute Gasteiger partial charge is 0.357 e. The van der Waals surface area contributed by atoms with E-state index in [1.807, 2.05) is 0 Å². The van der Waals surface area contributed by atoms with Crippen molar-refractivity contribution in [1.82, 2.24) is 4.98 Å². The van der Waals surface area contributed by atoms with Gasteiger partial charge in [-0.2, -0.15) is 5.26 Å². The van der Waals surface area contributed by atoms with E-state index in [0.717, 1.165) is 0 Å². The van der Waals surface area contributed by atoms with Crippen molar-refractivity contribution in [2.75, 3.05) is 21.3 Å². The number of carbonyl (C=O) groups excluding carboxylic acids is 1. The minimum absolute atomic E-state index is 0.226. The minimum Gasteiger partial charge on any atom is -0.464 e. The van der Waals surface area contributed by atoms with Crippen molar-refractivity contribution in [2.45, 2.75) is 24.0 Å². The highest BCUT2D eigenvalue weighted by Crippen LogP contribution is 2.52. The van der Waals surface area contributed by atoms with E-state index >= 15 is 0 Å². The van der Waals surface area contributed by atoms with Crippen molar-refractivity contribution in [3.63, 3.8) is 0 Å². The molecule has 1 aliphatic carbocycles. The summed E-state index contributed by atoms with van der Waals surface area (Å²) in [5, 5.41) is 11.6. The third-order valence-corrected chi connectivity index (χ3v) is 4.45. The van der Waals surface area contributed by atoms with Gasteiger partial charge in [0.05, 0.1) is 13.2 Å². The van der Waals surface area contributed by atoms with Crippen molar-refractivity contribution < 1.29 is 19.0 Å². The van der Waals surface area contributed by atoms with Crippen LogP contribution in [0.5, 0.6) is 0 Å². The average Bonchev–Trinajstić information content (AvgIpc) is 2.89. The van der Waals surface area contributed by atoms with Crippen LogP contribution >= 0.6 is 11.3 Å². The van der Waals surface area contributed by atoms with Crippen LogP contribution in [-0.4, -0.2) is 38.1 Å². The molecule has 7 heteroatoms. The Bertz CT molecular complexity index is 522. The highest BCUT2D eigenvalue weighted by atomic mass is 32.1. The molecular weight excluding hydrogens is 268 g/mol. The quantitative estimate of drug-likeness (QED) is 0.614. The van der Waals surface area contributed by atoms with Gasteiger partial charge >= 0.3 is 5.97 Å². The topological polar surface area (TPSA) is 81.4 Å². The van der Waals surface area contributed by atoms with Gasteiger partial charge in [0.15, 0.2) is 11.5 Å². The summed E-state index contributed by atoms with van der Waals surface area (Å²) in [6.45, 7) is 0. The Morgan fingerprint density at radius 3 is 2.53 bits per heavy atom. The molecule has 1 fully saturated rings. The lowest BCUT2D eigenvalue weighted by molar-refractivity contribution is -0.269. The van der Waals surface area contributed by atoms with E-state index < -0.39 is 17.2 Å². The first-order valence-corrected chi connectivity index (χ1v) is 6.48. The molecule has 0 spiro atoms. The number of aromatic nitrogens is 1. The number of thiazole rings is 1. The van der Waals surface area contributed by atoms with Crippen LogP contribution in [0.4, 0.5) is 0 Å². The molecule has 1 aromatic rings. The molecule has 0 aliphatic heterocycles. The predicted molar refractivity (Wildman–Crippen MR) is 66.7 cm³/mol. The van der Waals surface area contributed by atoms with Gasteiger partial charge in [-0.25, -0.2) is 9.78 Å². The number of nitrogens with zero attached hydrogens (tertiary/aromatic N) is 2. The van der Waals surface area contributed by atoms with E-state index in [2.05, 4.69) is 15.8 Å². The molecule has 6 nitrogen and oxygen atoms in total. The SMILES string of the molecule is COC(=O)c1csc(C2(C#N)CC(OC)(OC)C2)n1. The molecule has 0 saturated heterocycles. The van der Waals surface area contributed by atoms with Crippen LogP contribution in [-0.2, 0) is 19.6 Å². The number of ether oxygens (including phenoxy) is 3. The maximum Gasteiger partial charge on any atom is 0.357 e. The number of carbonyl (C=O) groups is 1. The van der Waals surface area contributed by atoms with Gasteiger partial charge in [0, 0.05) is 32.4 Å². The van der Waals surface area contributed by atoms with E-state index in [1.165, 1.54) is 18.4 Å². The summed E-state index contributed by atoms with van der Waals surface area (Å²) < 4.78 is 15.2. The van der Waals surface area contributed by atoms with Crippen LogP contribution in [0.15, 0.2) is 5.38 Å². The first-order chi connectivity index (χ1) is 9.04. The number of hydrogen-bond donors (Lipinski definition) is 0. The van der Waals surface area contributed by atoms with Crippen LogP contribution in [0.25, 0.3) is 0 Å². The van der Waals surface area contributed by atoms with Gasteiger partial charge in [0.25, 0.3) is 0 Å². The monoisotopic (exact) mass is 282 g/mol. The Balaban J connectivity index is 2.24. The van der Waals surface area contributed by atoms with Gasteiger partial charge in [0.2, 0.25) is 0 Å². The van der Waals surface area contributed by atoms with E-state index in [-0.39, 0.29) is 5.69 Å². The fraction of sp³-hybridized carbons (Fsp3) is 0.583. The molecule has 0 bridgehead atoms. The molecular formula is C12H14N2O4S. The highest BCUT2D eigenvalue weighted by molar-refractivity contribution is 7.10. The first kappa shape index (κ1) is 13.9. The summed E-state index contributed by atoms with van der Waals surface area (Å²) in [5.74, 6) is -1.23. The van der Waals surface area contributed by atoms with E-state index in [0.29, 0.717) is 17.8 Å². The van der Waals surface area contributed by atoms with Gasteiger partial charge in [-0.1, -0.05) is 0 Å². The molecule has 0 N–H and O–H groups in total. The van der Waals surface area contributed by atoms with Crippen LogP contribution in [0.2, 0.25) is 0 Å². The van der Waals surface area contributed by atoms with E-state index in [4.69, 9.17) is 9.47 Å². The van der Waals surface area contributed by atoms with Gasteiger partial charge in [-0.15, -0.1) is 11.3 Å². The van der Waals surface area contributed by atoms with Gasteiger partial charge in [0.1, 0.15) is 10.4 Å². The van der Waals surface area contributed by atoms with Gasteiger partial charge in [-0.05, 0) is 0 Å². The van der Waals surface area contributed by atoms with Crippen LogP contribution in [0.1, 0.15) is 28.3 Å². The molecule has 0 aromatic carbocycles. The van der Waals surface area contributed by atoms with Gasteiger partial charge in [-0.3, -0.25) is 0 Å². The second kappa shape index (κ2) is 4.89. The van der Waals surface area contributed by atoms with Crippen molar-refractivity contribution >= 4 is 17.3 Å². The largest absolute Gasteiger partial charge is 0.464 e. The molecule has 0 atom stereocenters. The Labute approximate surface area is 114 Å². The zero-order valence-electron chi connectivity index (χ0n) is 10.9. The average molecular weight is 282 g/mol. The van der Waals surface area contributed by atoms with Gasteiger partial charge < -0.3 is 14.2 Å². The molecule has 0 amide bonds. The lowest BCUT2D eigenvalue weighted by Crippen LogP contribution is -2.56. The second-order valence-electron chi connectivity index (χ2n) is 4.40. The van der Waals surface area contributed by atoms with Crippen molar-refractivity contribution in [2.24, 2.45) is 0 Å². The zero-order valence-corrected chi connectivity index (χ0v) is 11.7. The Kier molecular flexibility index (Phi) is 3.58. The summed E-state index contributed by atoms with van der Waals surface area (Å²) in [5.41, 5.74) is -0.521. The van der Waals surface area contributed by atoms with Crippen LogP contribution < -0.4 is 0 Å². The Morgan fingerprint density at radius 2 is 2.05 bits per heavy atom. The molecule has 1 saturated carbocycles. The highest BCUT2D eigenvalue weighted by Gasteiger charge is 2.59. The van der Waals surface area contributed by atoms with Crippen molar-refractivity contribution in [3.05, 3.63) is 16.1 Å². The molecule has 102 valence electrons. The molecule has 1 heterocycles. The normalized spacial score (nSPS) is 19.3. The number of esters is 1. The van der Waals surface area contributed by atoms with Crippen molar-refractivity contribution in [3.8, 4) is 6.07 Å². The molecule has 1 aliphatic rings. The number of methoxy groups -OCH3 is 3.